The summed E-state index contributed by atoms with van der Waals surface area (Å²) >= 11 is 0. The van der Waals surface area contributed by atoms with Crippen molar-refractivity contribution in [1.29, 1.82) is 0 Å². The van der Waals surface area contributed by atoms with Gasteiger partial charge in [0.25, 0.3) is 0 Å². The Kier molecular flexibility index (Phi) is 3.79. The first-order valence-electron chi connectivity index (χ1n) is 6.41. The van der Waals surface area contributed by atoms with Crippen LogP contribution in [0, 0.1) is 6.92 Å². The largest absolute Gasteiger partial charge is 0.497 e. The zero-order valence-corrected chi connectivity index (χ0v) is 11.7. The lowest BCUT2D eigenvalue weighted by Crippen LogP contribution is -2.13. The van der Waals surface area contributed by atoms with E-state index in [1.165, 1.54) is 0 Å². The van der Waals surface area contributed by atoms with E-state index in [9.17, 15) is 4.79 Å². The van der Waals surface area contributed by atoms with Crippen LogP contribution in [0.5, 0.6) is 5.75 Å². The van der Waals surface area contributed by atoms with Crippen LogP contribution >= 0.6 is 0 Å². The summed E-state index contributed by atoms with van der Waals surface area (Å²) in [7, 11) is 1.63. The quantitative estimate of drug-likeness (QED) is 0.860. The van der Waals surface area contributed by atoms with Crippen molar-refractivity contribution in [2.24, 2.45) is 0 Å². The van der Waals surface area contributed by atoms with Gasteiger partial charge in [-0.05, 0) is 44.5 Å². The lowest BCUT2D eigenvalue weighted by molar-refractivity contribution is -0.144. The fraction of sp³-hybridized carbons (Fsp3) is 0.400. The van der Waals surface area contributed by atoms with Crippen LogP contribution in [0.1, 0.15) is 31.0 Å². The molecule has 4 heteroatoms. The van der Waals surface area contributed by atoms with Crippen molar-refractivity contribution in [2.45, 2.75) is 26.7 Å². The molecule has 102 valence electrons. The first-order chi connectivity index (χ1) is 9.08. The minimum atomic E-state index is -0.291. The normalized spacial score (nSPS) is 12.4. The molecule has 0 unspecified atom stereocenters. The Labute approximate surface area is 112 Å². The number of esters is 1. The van der Waals surface area contributed by atoms with Gasteiger partial charge in [-0.2, -0.15) is 0 Å². The number of carbonyl (C=O) groups excluding carboxylic acids is 1. The summed E-state index contributed by atoms with van der Waals surface area (Å²) < 4.78 is 10.3. The third-order valence-corrected chi connectivity index (χ3v) is 3.32. The van der Waals surface area contributed by atoms with Gasteiger partial charge in [-0.25, -0.2) is 0 Å². The number of methoxy groups -OCH3 is 1. The lowest BCUT2D eigenvalue weighted by Gasteiger charge is -2.11. The molecule has 0 aliphatic heterocycles. The number of H-pyrrole nitrogens is 1. The maximum absolute atomic E-state index is 11.9. The van der Waals surface area contributed by atoms with Gasteiger partial charge in [0.15, 0.2) is 0 Å². The summed E-state index contributed by atoms with van der Waals surface area (Å²) in [6.45, 7) is 6.05. The van der Waals surface area contributed by atoms with E-state index < -0.39 is 0 Å². The van der Waals surface area contributed by atoms with Gasteiger partial charge >= 0.3 is 5.97 Å². The van der Waals surface area contributed by atoms with Gasteiger partial charge in [0.2, 0.25) is 0 Å². The Morgan fingerprint density at radius 2 is 2.16 bits per heavy atom. The summed E-state index contributed by atoms with van der Waals surface area (Å²) in [5.74, 6) is 0.291. The highest BCUT2D eigenvalue weighted by molar-refractivity contribution is 5.91. The van der Waals surface area contributed by atoms with Crippen molar-refractivity contribution in [3.63, 3.8) is 0 Å². The van der Waals surface area contributed by atoms with Crippen LogP contribution in [-0.4, -0.2) is 24.7 Å². The smallest absolute Gasteiger partial charge is 0.313 e. The third-order valence-electron chi connectivity index (χ3n) is 3.32. The Hall–Kier alpha value is -1.97. The predicted octanol–water partition coefficient (Wildman–Crippen LogP) is 3.15. The van der Waals surface area contributed by atoms with Gasteiger partial charge in [0.1, 0.15) is 5.75 Å². The van der Waals surface area contributed by atoms with Crippen molar-refractivity contribution in [2.75, 3.05) is 13.7 Å². The van der Waals surface area contributed by atoms with Crippen molar-refractivity contribution >= 4 is 16.9 Å². The Morgan fingerprint density at radius 1 is 1.42 bits per heavy atom. The van der Waals surface area contributed by atoms with Crippen LogP contribution in [0.25, 0.3) is 10.9 Å². The van der Waals surface area contributed by atoms with E-state index in [-0.39, 0.29) is 11.9 Å². The second kappa shape index (κ2) is 5.34. The van der Waals surface area contributed by atoms with E-state index in [4.69, 9.17) is 9.47 Å². The van der Waals surface area contributed by atoms with Crippen molar-refractivity contribution in [3.05, 3.63) is 29.5 Å². The van der Waals surface area contributed by atoms with Crippen molar-refractivity contribution < 1.29 is 14.3 Å². The first-order valence-corrected chi connectivity index (χ1v) is 6.41. The molecule has 1 aromatic carbocycles. The van der Waals surface area contributed by atoms with Gasteiger partial charge in [0, 0.05) is 16.6 Å². The molecule has 0 amide bonds. The average molecular weight is 261 g/mol. The SMILES string of the molecule is CCOC(=O)[C@@H](C)c1c(C)[nH]c2ccc(OC)cc12. The minimum Gasteiger partial charge on any atom is -0.497 e. The molecule has 1 atom stereocenters. The topological polar surface area (TPSA) is 51.3 Å². The maximum Gasteiger partial charge on any atom is 0.313 e. The molecular weight excluding hydrogens is 242 g/mol. The number of aromatic amines is 1. The molecule has 19 heavy (non-hydrogen) atoms. The van der Waals surface area contributed by atoms with Crippen LogP contribution in [0.3, 0.4) is 0 Å². The molecule has 0 radical (unpaired) electrons. The second-order valence-corrected chi connectivity index (χ2v) is 4.55. The van der Waals surface area contributed by atoms with Crippen LogP contribution < -0.4 is 4.74 Å². The van der Waals surface area contributed by atoms with Crippen LogP contribution in [-0.2, 0) is 9.53 Å². The van der Waals surface area contributed by atoms with E-state index in [1.807, 2.05) is 39.0 Å². The number of hydrogen-bond acceptors (Lipinski definition) is 3. The molecule has 2 aromatic rings. The molecule has 1 N–H and O–H groups in total. The molecular formula is C15H19NO3. The highest BCUT2D eigenvalue weighted by Crippen LogP contribution is 2.32. The zero-order chi connectivity index (χ0) is 14.0. The number of ether oxygens (including phenoxy) is 2. The number of fused-ring (bicyclic) bond motifs is 1. The maximum atomic E-state index is 11.9. The zero-order valence-electron chi connectivity index (χ0n) is 11.7. The fourth-order valence-corrected chi connectivity index (χ4v) is 2.40. The van der Waals surface area contributed by atoms with Gasteiger partial charge in [-0.15, -0.1) is 0 Å². The summed E-state index contributed by atoms with van der Waals surface area (Å²) in [5.41, 5.74) is 2.97. The highest BCUT2D eigenvalue weighted by Gasteiger charge is 2.22. The molecule has 0 aliphatic carbocycles. The number of aromatic nitrogens is 1. The van der Waals surface area contributed by atoms with E-state index in [1.54, 1.807) is 7.11 Å². The molecule has 4 nitrogen and oxygen atoms in total. The molecule has 2 rings (SSSR count). The van der Waals surface area contributed by atoms with E-state index >= 15 is 0 Å². The van der Waals surface area contributed by atoms with Gasteiger partial charge < -0.3 is 14.5 Å². The predicted molar refractivity (Wildman–Crippen MR) is 74.6 cm³/mol. The molecule has 0 bridgehead atoms. The van der Waals surface area contributed by atoms with E-state index in [2.05, 4.69) is 4.98 Å². The van der Waals surface area contributed by atoms with E-state index in [0.29, 0.717) is 6.61 Å². The first kappa shape index (κ1) is 13.5. The number of benzene rings is 1. The number of rotatable bonds is 4. The summed E-state index contributed by atoms with van der Waals surface area (Å²) in [6.07, 6.45) is 0. The molecule has 0 saturated carbocycles. The fourth-order valence-electron chi connectivity index (χ4n) is 2.40. The number of nitrogens with one attached hydrogen (secondary N) is 1. The summed E-state index contributed by atoms with van der Waals surface area (Å²) in [6, 6.07) is 5.81. The third kappa shape index (κ3) is 2.43. The van der Waals surface area contributed by atoms with E-state index in [0.717, 1.165) is 27.9 Å². The van der Waals surface area contributed by atoms with Gasteiger partial charge in [-0.1, -0.05) is 0 Å². The van der Waals surface area contributed by atoms with Crippen molar-refractivity contribution in [3.8, 4) is 5.75 Å². The minimum absolute atomic E-state index is 0.200. The van der Waals surface area contributed by atoms with Crippen LogP contribution in [0.15, 0.2) is 18.2 Å². The van der Waals surface area contributed by atoms with Crippen LogP contribution in [0.2, 0.25) is 0 Å². The monoisotopic (exact) mass is 261 g/mol. The van der Waals surface area contributed by atoms with Crippen LogP contribution in [0.4, 0.5) is 0 Å². The standard InChI is InChI=1S/C15H19NO3/c1-5-19-15(17)9(2)14-10(3)16-13-7-6-11(18-4)8-12(13)14/h6-9,16H,5H2,1-4H3/t9-/m0/s1. The molecule has 0 spiro atoms. The number of carbonyl (C=O) groups is 1. The molecule has 0 aliphatic rings. The highest BCUT2D eigenvalue weighted by atomic mass is 16.5. The summed E-state index contributed by atoms with van der Waals surface area (Å²) in [5, 5.41) is 1.01. The number of aryl methyl sites for hydroxylation is 1. The van der Waals surface area contributed by atoms with Gasteiger partial charge in [-0.3, -0.25) is 4.79 Å². The Bertz CT molecular complexity index is 601. The lowest BCUT2D eigenvalue weighted by atomic mass is 9.98. The molecule has 0 fully saturated rings. The molecule has 1 heterocycles. The Morgan fingerprint density at radius 3 is 2.79 bits per heavy atom. The van der Waals surface area contributed by atoms with Crippen molar-refractivity contribution in [1.82, 2.24) is 4.98 Å². The van der Waals surface area contributed by atoms with Gasteiger partial charge in [0.05, 0.1) is 19.6 Å². The Balaban J connectivity index is 2.52. The average Bonchev–Trinajstić information content (AvgIpc) is 2.72. The summed E-state index contributed by atoms with van der Waals surface area (Å²) in [4.78, 5) is 15.2. The molecule has 0 saturated heterocycles. The molecule has 1 aromatic heterocycles. The second-order valence-electron chi connectivity index (χ2n) is 4.55. The number of hydrogen-bond donors (Lipinski definition) is 1.